The molecule has 1 aromatic rings. The minimum Gasteiger partial charge on any atom is -0.307 e. The number of aromatic nitrogens is 2. The van der Waals surface area contributed by atoms with Gasteiger partial charge in [0.1, 0.15) is 5.82 Å². The molecule has 1 saturated heterocycles. The molecule has 19 heavy (non-hydrogen) atoms. The van der Waals surface area contributed by atoms with E-state index in [4.69, 9.17) is 9.97 Å². The van der Waals surface area contributed by atoms with Gasteiger partial charge in [-0.05, 0) is 25.5 Å². The van der Waals surface area contributed by atoms with Gasteiger partial charge in [-0.15, -0.1) is 0 Å². The number of hydrogen-bond donors (Lipinski definition) is 1. The van der Waals surface area contributed by atoms with Crippen molar-refractivity contribution in [1.82, 2.24) is 15.3 Å². The van der Waals surface area contributed by atoms with E-state index in [0.29, 0.717) is 6.04 Å². The molecule has 1 aliphatic heterocycles. The van der Waals surface area contributed by atoms with Crippen molar-refractivity contribution < 1.29 is 0 Å². The van der Waals surface area contributed by atoms with E-state index < -0.39 is 0 Å². The maximum Gasteiger partial charge on any atom is 0.145 e. The molecular weight excluding hydrogens is 234 g/mol. The van der Waals surface area contributed by atoms with Crippen LogP contribution in [0.1, 0.15) is 77.6 Å². The van der Waals surface area contributed by atoms with Gasteiger partial charge >= 0.3 is 0 Å². The molecule has 1 unspecified atom stereocenters. The molecule has 1 atom stereocenters. The Morgan fingerprint density at radius 2 is 1.53 bits per heavy atom. The predicted molar refractivity (Wildman–Crippen MR) is 79.4 cm³/mol. The van der Waals surface area contributed by atoms with E-state index in [0.717, 1.165) is 30.2 Å². The first-order chi connectivity index (χ1) is 8.68. The Labute approximate surface area is 117 Å². The molecule has 1 fully saturated rings. The summed E-state index contributed by atoms with van der Waals surface area (Å²) in [5.74, 6) is 0.981. The third-order valence-electron chi connectivity index (χ3n) is 3.65. The van der Waals surface area contributed by atoms with Gasteiger partial charge in [0.05, 0.1) is 6.04 Å². The van der Waals surface area contributed by atoms with Gasteiger partial charge in [0.25, 0.3) is 0 Å². The Morgan fingerprint density at radius 3 is 1.89 bits per heavy atom. The van der Waals surface area contributed by atoms with Gasteiger partial charge in [-0.25, -0.2) is 9.97 Å². The van der Waals surface area contributed by atoms with Crippen LogP contribution in [-0.4, -0.2) is 16.5 Å². The van der Waals surface area contributed by atoms with Gasteiger partial charge in [0.15, 0.2) is 0 Å². The van der Waals surface area contributed by atoms with Crippen molar-refractivity contribution in [3.05, 3.63) is 23.3 Å². The maximum absolute atomic E-state index is 4.83. The summed E-state index contributed by atoms with van der Waals surface area (Å²) in [5, 5.41) is 3.51. The number of nitrogens with zero attached hydrogens (tertiary/aromatic N) is 2. The summed E-state index contributed by atoms with van der Waals surface area (Å²) in [6.45, 7) is 14.4. The lowest BCUT2D eigenvalue weighted by Crippen LogP contribution is -2.24. The maximum atomic E-state index is 4.83. The van der Waals surface area contributed by atoms with Crippen molar-refractivity contribution in [3.63, 3.8) is 0 Å². The van der Waals surface area contributed by atoms with Crippen molar-refractivity contribution in [2.24, 2.45) is 0 Å². The quantitative estimate of drug-likeness (QED) is 0.841. The first-order valence-corrected chi connectivity index (χ1v) is 7.31. The van der Waals surface area contributed by atoms with Crippen LogP contribution in [0, 0.1) is 0 Å². The molecule has 0 saturated carbocycles. The van der Waals surface area contributed by atoms with Gasteiger partial charge in [0, 0.05) is 22.2 Å². The van der Waals surface area contributed by atoms with E-state index in [1.807, 2.05) is 0 Å². The van der Waals surface area contributed by atoms with Crippen molar-refractivity contribution in [1.29, 1.82) is 0 Å². The Kier molecular flexibility index (Phi) is 3.69. The summed E-state index contributed by atoms with van der Waals surface area (Å²) in [5.41, 5.74) is 2.43. The topological polar surface area (TPSA) is 37.8 Å². The second kappa shape index (κ2) is 4.86. The van der Waals surface area contributed by atoms with E-state index in [2.05, 4.69) is 52.9 Å². The first-order valence-electron chi connectivity index (χ1n) is 7.31. The van der Waals surface area contributed by atoms with Gasteiger partial charge in [-0.2, -0.15) is 0 Å². The van der Waals surface area contributed by atoms with Crippen LogP contribution >= 0.6 is 0 Å². The first kappa shape index (κ1) is 14.4. The van der Waals surface area contributed by atoms with Crippen LogP contribution in [-0.2, 0) is 10.8 Å². The highest BCUT2D eigenvalue weighted by molar-refractivity contribution is 5.23. The van der Waals surface area contributed by atoms with Gasteiger partial charge < -0.3 is 5.32 Å². The molecule has 3 heteroatoms. The highest BCUT2D eigenvalue weighted by atomic mass is 15.0. The molecule has 0 radical (unpaired) electrons. The van der Waals surface area contributed by atoms with Crippen molar-refractivity contribution in [2.75, 3.05) is 6.54 Å². The summed E-state index contributed by atoms with van der Waals surface area (Å²) < 4.78 is 0. The van der Waals surface area contributed by atoms with Crippen LogP contribution in [0.25, 0.3) is 0 Å². The monoisotopic (exact) mass is 261 g/mol. The standard InChI is InChI=1S/C16H27N3/c1-15(2,3)12-10-13(16(4,5)6)19-14(18-12)11-8-7-9-17-11/h10-11,17H,7-9H2,1-6H3. The molecule has 0 bridgehead atoms. The molecule has 3 nitrogen and oxygen atoms in total. The van der Waals surface area contributed by atoms with E-state index in [9.17, 15) is 0 Å². The Hall–Kier alpha value is -0.960. The van der Waals surface area contributed by atoms with Crippen molar-refractivity contribution >= 4 is 0 Å². The van der Waals surface area contributed by atoms with Gasteiger partial charge in [-0.1, -0.05) is 41.5 Å². The smallest absolute Gasteiger partial charge is 0.145 e. The lowest BCUT2D eigenvalue weighted by atomic mass is 9.86. The zero-order chi connectivity index (χ0) is 14.3. The SMILES string of the molecule is CC(C)(C)c1cc(C(C)(C)C)nc(C2CCCN2)n1. The zero-order valence-electron chi connectivity index (χ0n) is 13.2. The minimum atomic E-state index is 0.0658. The summed E-state index contributed by atoms with van der Waals surface area (Å²) in [7, 11) is 0. The zero-order valence-corrected chi connectivity index (χ0v) is 13.2. The molecule has 0 aromatic carbocycles. The fraction of sp³-hybridized carbons (Fsp3) is 0.750. The van der Waals surface area contributed by atoms with Crippen LogP contribution in [0.5, 0.6) is 0 Å². The van der Waals surface area contributed by atoms with Crippen molar-refractivity contribution in [3.8, 4) is 0 Å². The van der Waals surface area contributed by atoms with Crippen LogP contribution in [0.4, 0.5) is 0 Å². The average molecular weight is 261 g/mol. The Bertz CT molecular complexity index is 414. The fourth-order valence-corrected chi connectivity index (χ4v) is 2.30. The molecular formula is C16H27N3. The predicted octanol–water partition coefficient (Wildman–Crippen LogP) is 3.50. The highest BCUT2D eigenvalue weighted by Crippen LogP contribution is 2.29. The number of rotatable bonds is 1. The summed E-state index contributed by atoms with van der Waals surface area (Å²) >= 11 is 0. The van der Waals surface area contributed by atoms with Crippen LogP contribution in [0.3, 0.4) is 0 Å². The molecule has 1 aromatic heterocycles. The Balaban J connectivity index is 2.48. The van der Waals surface area contributed by atoms with Crippen LogP contribution < -0.4 is 5.32 Å². The molecule has 0 aliphatic carbocycles. The van der Waals surface area contributed by atoms with Crippen LogP contribution in [0.15, 0.2) is 6.07 Å². The van der Waals surface area contributed by atoms with Gasteiger partial charge in [0.2, 0.25) is 0 Å². The third-order valence-corrected chi connectivity index (χ3v) is 3.65. The molecule has 0 amide bonds. The van der Waals surface area contributed by atoms with Crippen molar-refractivity contribution in [2.45, 2.75) is 71.3 Å². The molecule has 2 rings (SSSR count). The fourth-order valence-electron chi connectivity index (χ4n) is 2.30. The molecule has 0 spiro atoms. The second-order valence-corrected chi connectivity index (χ2v) is 7.65. The normalized spacial score (nSPS) is 20.8. The van der Waals surface area contributed by atoms with Gasteiger partial charge in [-0.3, -0.25) is 0 Å². The molecule has 1 N–H and O–H groups in total. The molecule has 106 valence electrons. The highest BCUT2D eigenvalue weighted by Gasteiger charge is 2.26. The van der Waals surface area contributed by atoms with E-state index in [1.54, 1.807) is 0 Å². The number of hydrogen-bond acceptors (Lipinski definition) is 3. The largest absolute Gasteiger partial charge is 0.307 e. The molecule has 1 aliphatic rings. The number of nitrogens with one attached hydrogen (secondary N) is 1. The average Bonchev–Trinajstić information content (AvgIpc) is 2.79. The second-order valence-electron chi connectivity index (χ2n) is 7.65. The summed E-state index contributed by atoms with van der Waals surface area (Å²) in [6.07, 6.45) is 2.37. The molecule has 2 heterocycles. The summed E-state index contributed by atoms with van der Waals surface area (Å²) in [6, 6.07) is 2.52. The van der Waals surface area contributed by atoms with E-state index in [1.165, 1.54) is 6.42 Å². The minimum absolute atomic E-state index is 0.0658. The van der Waals surface area contributed by atoms with E-state index in [-0.39, 0.29) is 10.8 Å². The van der Waals surface area contributed by atoms with Crippen LogP contribution in [0.2, 0.25) is 0 Å². The lowest BCUT2D eigenvalue weighted by Gasteiger charge is -2.25. The summed E-state index contributed by atoms with van der Waals surface area (Å²) in [4.78, 5) is 9.65. The third kappa shape index (κ3) is 3.33. The Morgan fingerprint density at radius 1 is 1.00 bits per heavy atom. The lowest BCUT2D eigenvalue weighted by molar-refractivity contribution is 0.510. The van der Waals surface area contributed by atoms with E-state index >= 15 is 0 Å².